The number of nitrogens with one attached hydrogen (secondary N) is 1. The van der Waals surface area contributed by atoms with E-state index in [1.807, 2.05) is 0 Å². The fourth-order valence-corrected chi connectivity index (χ4v) is 3.12. The molecule has 0 unspecified atom stereocenters. The van der Waals surface area contributed by atoms with Crippen molar-refractivity contribution in [1.82, 2.24) is 4.72 Å². The Morgan fingerprint density at radius 1 is 1.41 bits per heavy atom. The Balaban J connectivity index is 2.27. The number of carbonyl (C=O) groups excluding carboxylic acids is 1. The number of hydrogen-bond donors (Lipinski definition) is 2. The van der Waals surface area contributed by atoms with Gasteiger partial charge in [0, 0.05) is 13.5 Å². The highest BCUT2D eigenvalue weighted by molar-refractivity contribution is 7.89. The first kappa shape index (κ1) is 16.2. The highest BCUT2D eigenvalue weighted by Crippen LogP contribution is 2.33. The van der Waals surface area contributed by atoms with E-state index in [0.717, 1.165) is 0 Å². The van der Waals surface area contributed by atoms with E-state index in [0.29, 0.717) is 24.6 Å². The maximum absolute atomic E-state index is 12.1. The molecule has 0 saturated carbocycles. The Labute approximate surface area is 127 Å². The zero-order valence-corrected chi connectivity index (χ0v) is 12.7. The first-order valence-electron chi connectivity index (χ1n) is 6.57. The van der Waals surface area contributed by atoms with Gasteiger partial charge in [-0.3, -0.25) is 9.59 Å². The molecule has 0 aromatic heterocycles. The van der Waals surface area contributed by atoms with E-state index < -0.39 is 16.0 Å². The molecule has 120 valence electrons. The van der Waals surface area contributed by atoms with Crippen molar-refractivity contribution >= 4 is 27.6 Å². The van der Waals surface area contributed by atoms with Crippen LogP contribution in [-0.4, -0.2) is 45.1 Å². The number of nitrogens with zero attached hydrogens (tertiary/aromatic N) is 1. The summed E-state index contributed by atoms with van der Waals surface area (Å²) in [6.07, 6.45) is -0.313. The van der Waals surface area contributed by atoms with Crippen molar-refractivity contribution in [2.75, 3.05) is 24.6 Å². The molecule has 0 saturated heterocycles. The van der Waals surface area contributed by atoms with Gasteiger partial charge in [0.25, 0.3) is 0 Å². The van der Waals surface area contributed by atoms with Crippen LogP contribution in [0.25, 0.3) is 0 Å². The monoisotopic (exact) mass is 328 g/mol. The molecule has 22 heavy (non-hydrogen) atoms. The fourth-order valence-electron chi connectivity index (χ4n) is 2.07. The molecule has 1 aromatic rings. The molecule has 1 heterocycles. The number of anilines is 1. The number of carboxylic acid groups (broad SMARTS) is 1. The van der Waals surface area contributed by atoms with Crippen molar-refractivity contribution in [2.24, 2.45) is 0 Å². The molecule has 2 rings (SSSR count). The van der Waals surface area contributed by atoms with Gasteiger partial charge in [0.2, 0.25) is 15.9 Å². The van der Waals surface area contributed by atoms with Crippen LogP contribution < -0.4 is 14.4 Å². The number of sulfonamides is 1. The predicted molar refractivity (Wildman–Crippen MR) is 77.4 cm³/mol. The number of aliphatic carboxylic acids is 1. The lowest BCUT2D eigenvalue weighted by atomic mass is 10.2. The van der Waals surface area contributed by atoms with E-state index in [2.05, 4.69) is 4.72 Å². The summed E-state index contributed by atoms with van der Waals surface area (Å²) in [4.78, 5) is 23.4. The Bertz CT molecular complexity index is 700. The molecular weight excluding hydrogens is 312 g/mol. The number of fused-ring (bicyclic) bond motifs is 1. The summed E-state index contributed by atoms with van der Waals surface area (Å²) in [7, 11) is -3.85. The average Bonchev–Trinajstić information content (AvgIpc) is 2.45. The Kier molecular flexibility index (Phi) is 4.67. The van der Waals surface area contributed by atoms with Gasteiger partial charge in [0.1, 0.15) is 12.4 Å². The lowest BCUT2D eigenvalue weighted by molar-refractivity contribution is -0.136. The molecule has 1 amide bonds. The summed E-state index contributed by atoms with van der Waals surface area (Å²) in [5, 5.41) is 8.54. The summed E-state index contributed by atoms with van der Waals surface area (Å²) in [5.74, 6) is -0.867. The number of benzene rings is 1. The number of ether oxygens (including phenoxy) is 1. The predicted octanol–water partition coefficient (Wildman–Crippen LogP) is 0.185. The molecule has 2 N–H and O–H groups in total. The van der Waals surface area contributed by atoms with Crippen molar-refractivity contribution in [3.63, 3.8) is 0 Å². The molecule has 8 nitrogen and oxygen atoms in total. The lowest BCUT2D eigenvalue weighted by Crippen LogP contribution is -2.36. The van der Waals surface area contributed by atoms with Crippen LogP contribution in [0.3, 0.4) is 0 Å². The summed E-state index contributed by atoms with van der Waals surface area (Å²) in [5.41, 5.74) is 0.389. The van der Waals surface area contributed by atoms with E-state index in [1.165, 1.54) is 30.0 Å². The number of carboxylic acids is 1. The first-order chi connectivity index (χ1) is 10.3. The van der Waals surface area contributed by atoms with Gasteiger partial charge in [-0.05, 0) is 18.2 Å². The van der Waals surface area contributed by atoms with Gasteiger partial charge in [-0.15, -0.1) is 0 Å². The van der Waals surface area contributed by atoms with Crippen LogP contribution in [0.2, 0.25) is 0 Å². The molecule has 1 aliphatic rings. The van der Waals surface area contributed by atoms with Gasteiger partial charge >= 0.3 is 5.97 Å². The SMILES string of the molecule is CC(=O)N1CCOc2ccc(S(=O)(=O)NCCC(=O)O)cc21. The summed E-state index contributed by atoms with van der Waals surface area (Å²) in [6, 6.07) is 4.18. The summed E-state index contributed by atoms with van der Waals surface area (Å²) in [6.45, 7) is 1.87. The van der Waals surface area contributed by atoms with Crippen LogP contribution in [-0.2, 0) is 19.6 Å². The van der Waals surface area contributed by atoms with Crippen LogP contribution >= 0.6 is 0 Å². The minimum absolute atomic E-state index is 0.0478. The molecule has 0 radical (unpaired) electrons. The molecular formula is C13H16N2O6S. The average molecular weight is 328 g/mol. The van der Waals surface area contributed by atoms with Crippen molar-refractivity contribution in [3.8, 4) is 5.75 Å². The van der Waals surface area contributed by atoms with Crippen molar-refractivity contribution in [3.05, 3.63) is 18.2 Å². The smallest absolute Gasteiger partial charge is 0.304 e. The van der Waals surface area contributed by atoms with E-state index >= 15 is 0 Å². The highest BCUT2D eigenvalue weighted by Gasteiger charge is 2.24. The van der Waals surface area contributed by atoms with Crippen LogP contribution in [0.15, 0.2) is 23.1 Å². The van der Waals surface area contributed by atoms with Gasteiger partial charge in [0.05, 0.1) is 23.5 Å². The van der Waals surface area contributed by atoms with E-state index in [4.69, 9.17) is 9.84 Å². The number of carbonyl (C=O) groups is 2. The maximum atomic E-state index is 12.1. The maximum Gasteiger partial charge on any atom is 0.304 e. The lowest BCUT2D eigenvalue weighted by Gasteiger charge is -2.29. The van der Waals surface area contributed by atoms with E-state index in [1.54, 1.807) is 0 Å². The van der Waals surface area contributed by atoms with E-state index in [9.17, 15) is 18.0 Å². The standard InChI is InChI=1S/C13H16N2O6S/c1-9(16)15-6-7-21-12-3-2-10(8-11(12)15)22(19,20)14-5-4-13(17)18/h2-3,8,14H,4-7H2,1H3,(H,17,18). The molecule has 1 aliphatic heterocycles. The van der Waals surface area contributed by atoms with Gasteiger partial charge in [-0.1, -0.05) is 0 Å². The quantitative estimate of drug-likeness (QED) is 0.797. The number of rotatable bonds is 5. The van der Waals surface area contributed by atoms with Crippen LogP contribution in [0.4, 0.5) is 5.69 Å². The van der Waals surface area contributed by atoms with Crippen LogP contribution in [0, 0.1) is 0 Å². The molecule has 0 atom stereocenters. The van der Waals surface area contributed by atoms with Crippen molar-refractivity contribution < 1.29 is 27.9 Å². The second kappa shape index (κ2) is 6.32. The van der Waals surface area contributed by atoms with Crippen molar-refractivity contribution in [2.45, 2.75) is 18.2 Å². The minimum atomic E-state index is -3.85. The van der Waals surface area contributed by atoms with Gasteiger partial charge in [0.15, 0.2) is 0 Å². The zero-order chi connectivity index (χ0) is 16.3. The third-order valence-electron chi connectivity index (χ3n) is 3.12. The zero-order valence-electron chi connectivity index (χ0n) is 11.9. The second-order valence-corrected chi connectivity index (χ2v) is 6.46. The van der Waals surface area contributed by atoms with Crippen molar-refractivity contribution in [1.29, 1.82) is 0 Å². The normalized spacial score (nSPS) is 14.1. The van der Waals surface area contributed by atoms with E-state index in [-0.39, 0.29) is 23.8 Å². The molecule has 0 spiro atoms. The first-order valence-corrected chi connectivity index (χ1v) is 8.06. The Morgan fingerprint density at radius 3 is 2.77 bits per heavy atom. The second-order valence-electron chi connectivity index (χ2n) is 4.69. The molecule has 0 fully saturated rings. The summed E-state index contributed by atoms with van der Waals surface area (Å²) < 4.78 is 31.9. The third-order valence-corrected chi connectivity index (χ3v) is 4.57. The van der Waals surface area contributed by atoms with Crippen LogP contribution in [0.5, 0.6) is 5.75 Å². The fraction of sp³-hybridized carbons (Fsp3) is 0.385. The molecule has 0 bridgehead atoms. The molecule has 0 aliphatic carbocycles. The van der Waals surface area contributed by atoms with Gasteiger partial charge in [-0.2, -0.15) is 0 Å². The Morgan fingerprint density at radius 2 is 2.14 bits per heavy atom. The molecule has 1 aromatic carbocycles. The number of amides is 1. The van der Waals surface area contributed by atoms with Gasteiger partial charge < -0.3 is 14.7 Å². The largest absolute Gasteiger partial charge is 0.490 e. The topological polar surface area (TPSA) is 113 Å². The van der Waals surface area contributed by atoms with Crippen LogP contribution in [0.1, 0.15) is 13.3 Å². The third kappa shape index (κ3) is 3.55. The Hall–Kier alpha value is -2.13. The minimum Gasteiger partial charge on any atom is -0.490 e. The highest BCUT2D eigenvalue weighted by atomic mass is 32.2. The number of hydrogen-bond acceptors (Lipinski definition) is 5. The van der Waals surface area contributed by atoms with Gasteiger partial charge in [-0.25, -0.2) is 13.1 Å². The molecule has 9 heteroatoms. The summed E-state index contributed by atoms with van der Waals surface area (Å²) >= 11 is 0.